The summed E-state index contributed by atoms with van der Waals surface area (Å²) in [5.41, 5.74) is 0. The molecule has 0 fully saturated rings. The fourth-order valence-corrected chi connectivity index (χ4v) is 1.26. The number of nitrogens with zero attached hydrogens (tertiary/aromatic N) is 2. The lowest BCUT2D eigenvalue weighted by molar-refractivity contribution is 0.476. The highest BCUT2D eigenvalue weighted by Crippen LogP contribution is 2.05. The SMILES string of the molecule is CSCCc1nnc(I)o1. The molecule has 1 aromatic rings. The van der Waals surface area contributed by atoms with E-state index >= 15 is 0 Å². The molecule has 0 aliphatic rings. The van der Waals surface area contributed by atoms with Crippen LogP contribution in [0.4, 0.5) is 0 Å². The van der Waals surface area contributed by atoms with E-state index in [2.05, 4.69) is 16.5 Å². The van der Waals surface area contributed by atoms with E-state index in [1.807, 2.05) is 22.6 Å². The average Bonchev–Trinajstić information content (AvgIpc) is 2.31. The van der Waals surface area contributed by atoms with E-state index in [0.29, 0.717) is 3.90 Å². The number of aromatic nitrogens is 2. The first kappa shape index (κ1) is 8.32. The molecule has 0 saturated carbocycles. The number of halogens is 1. The Morgan fingerprint density at radius 2 is 2.40 bits per heavy atom. The van der Waals surface area contributed by atoms with Gasteiger partial charge in [0.25, 0.3) is 3.90 Å². The molecule has 1 heterocycles. The Labute approximate surface area is 77.1 Å². The second kappa shape index (κ2) is 4.17. The number of hydrogen-bond donors (Lipinski definition) is 0. The molecule has 3 nitrogen and oxygen atoms in total. The number of thioether (sulfide) groups is 1. The van der Waals surface area contributed by atoms with Crippen LogP contribution in [0, 0.1) is 3.90 Å². The predicted molar refractivity (Wildman–Crippen MR) is 49.1 cm³/mol. The minimum atomic E-state index is 0.619. The fourth-order valence-electron chi connectivity index (χ4n) is 0.524. The van der Waals surface area contributed by atoms with Crippen molar-refractivity contribution >= 4 is 34.4 Å². The van der Waals surface area contributed by atoms with Gasteiger partial charge in [-0.2, -0.15) is 11.8 Å². The Morgan fingerprint density at radius 3 is 2.90 bits per heavy atom. The summed E-state index contributed by atoms with van der Waals surface area (Å²) in [4.78, 5) is 0. The van der Waals surface area contributed by atoms with Crippen LogP contribution in [0.1, 0.15) is 5.89 Å². The van der Waals surface area contributed by atoms with Crippen molar-refractivity contribution in [3.8, 4) is 0 Å². The highest BCUT2D eigenvalue weighted by atomic mass is 127. The Kier molecular flexibility index (Phi) is 3.47. The Balaban J connectivity index is 2.42. The molecule has 0 spiro atoms. The highest BCUT2D eigenvalue weighted by molar-refractivity contribution is 14.1. The van der Waals surface area contributed by atoms with Crippen LogP contribution in [0.3, 0.4) is 0 Å². The van der Waals surface area contributed by atoms with E-state index in [0.717, 1.165) is 18.1 Å². The standard InChI is InChI=1S/C5H7IN2OS/c1-10-3-2-4-7-8-5(6)9-4/h2-3H2,1H3. The van der Waals surface area contributed by atoms with Gasteiger partial charge in [0.05, 0.1) is 0 Å². The van der Waals surface area contributed by atoms with E-state index in [1.54, 1.807) is 11.8 Å². The van der Waals surface area contributed by atoms with Gasteiger partial charge in [0.15, 0.2) is 0 Å². The van der Waals surface area contributed by atoms with Gasteiger partial charge in [-0.3, -0.25) is 0 Å². The summed E-state index contributed by atoms with van der Waals surface area (Å²) in [5.74, 6) is 1.77. The first-order chi connectivity index (χ1) is 4.83. The second-order valence-corrected chi connectivity index (χ2v) is 3.60. The van der Waals surface area contributed by atoms with Crippen molar-refractivity contribution in [3.05, 3.63) is 9.79 Å². The summed E-state index contributed by atoms with van der Waals surface area (Å²) in [6, 6.07) is 0. The molecule has 5 heteroatoms. The van der Waals surface area contributed by atoms with Crippen molar-refractivity contribution in [2.75, 3.05) is 12.0 Å². The summed E-state index contributed by atoms with van der Waals surface area (Å²) in [5, 5.41) is 7.55. The van der Waals surface area contributed by atoms with Crippen LogP contribution in [-0.4, -0.2) is 22.2 Å². The molecule has 0 saturated heterocycles. The zero-order valence-corrected chi connectivity index (χ0v) is 8.48. The first-order valence-corrected chi connectivity index (χ1v) is 5.27. The molecule has 0 bridgehead atoms. The summed E-state index contributed by atoms with van der Waals surface area (Å²) in [7, 11) is 0. The van der Waals surface area contributed by atoms with Gasteiger partial charge in [0, 0.05) is 34.8 Å². The van der Waals surface area contributed by atoms with Crippen LogP contribution in [0.2, 0.25) is 0 Å². The van der Waals surface area contributed by atoms with Crippen LogP contribution in [-0.2, 0) is 6.42 Å². The Hall–Kier alpha value is 0.220. The number of hydrogen-bond acceptors (Lipinski definition) is 4. The van der Waals surface area contributed by atoms with Crippen LogP contribution in [0.15, 0.2) is 4.42 Å². The molecular formula is C5H7IN2OS. The van der Waals surface area contributed by atoms with Crippen molar-refractivity contribution in [1.29, 1.82) is 0 Å². The summed E-state index contributed by atoms with van der Waals surface area (Å²) in [6.07, 6.45) is 2.93. The topological polar surface area (TPSA) is 38.9 Å². The molecule has 0 aromatic carbocycles. The average molecular weight is 270 g/mol. The van der Waals surface area contributed by atoms with Gasteiger partial charge in [0.2, 0.25) is 5.89 Å². The third-order valence-corrected chi connectivity index (χ3v) is 2.01. The van der Waals surface area contributed by atoms with Crippen LogP contribution >= 0.6 is 34.4 Å². The normalized spacial score (nSPS) is 10.2. The molecule has 0 N–H and O–H groups in total. The van der Waals surface area contributed by atoms with Crippen molar-refractivity contribution in [3.63, 3.8) is 0 Å². The number of aryl methyl sites for hydroxylation is 1. The van der Waals surface area contributed by atoms with Crippen LogP contribution < -0.4 is 0 Å². The van der Waals surface area contributed by atoms with E-state index in [-0.39, 0.29) is 0 Å². The largest absolute Gasteiger partial charge is 0.416 e. The smallest absolute Gasteiger partial charge is 0.278 e. The molecule has 1 rings (SSSR count). The Morgan fingerprint density at radius 1 is 1.60 bits per heavy atom. The lowest BCUT2D eigenvalue weighted by Crippen LogP contribution is -1.86. The van der Waals surface area contributed by atoms with Gasteiger partial charge >= 0.3 is 0 Å². The molecule has 0 aliphatic carbocycles. The zero-order chi connectivity index (χ0) is 7.40. The third-order valence-electron chi connectivity index (χ3n) is 0.962. The maximum absolute atomic E-state index is 5.14. The van der Waals surface area contributed by atoms with Crippen molar-refractivity contribution in [2.45, 2.75) is 6.42 Å². The van der Waals surface area contributed by atoms with Gasteiger partial charge in [-0.05, 0) is 6.26 Å². The quantitative estimate of drug-likeness (QED) is 0.782. The number of rotatable bonds is 3. The predicted octanol–water partition coefficient (Wildman–Crippen LogP) is 1.58. The highest BCUT2D eigenvalue weighted by Gasteiger charge is 2.00. The monoisotopic (exact) mass is 270 g/mol. The van der Waals surface area contributed by atoms with Gasteiger partial charge in [0.1, 0.15) is 0 Å². The van der Waals surface area contributed by atoms with E-state index in [1.165, 1.54) is 0 Å². The van der Waals surface area contributed by atoms with E-state index < -0.39 is 0 Å². The Bertz CT molecular complexity index is 203. The molecule has 0 amide bonds. The van der Waals surface area contributed by atoms with Gasteiger partial charge in [-0.15, -0.1) is 10.2 Å². The fraction of sp³-hybridized carbons (Fsp3) is 0.600. The van der Waals surface area contributed by atoms with E-state index in [9.17, 15) is 0 Å². The summed E-state index contributed by atoms with van der Waals surface area (Å²) in [6.45, 7) is 0. The van der Waals surface area contributed by atoms with Crippen LogP contribution in [0.5, 0.6) is 0 Å². The van der Waals surface area contributed by atoms with E-state index in [4.69, 9.17) is 4.42 Å². The maximum atomic E-state index is 5.14. The molecule has 1 aromatic heterocycles. The molecule has 56 valence electrons. The first-order valence-electron chi connectivity index (χ1n) is 2.79. The minimum Gasteiger partial charge on any atom is -0.416 e. The summed E-state index contributed by atoms with van der Waals surface area (Å²) < 4.78 is 5.76. The lowest BCUT2D eigenvalue weighted by Gasteiger charge is -1.87. The second-order valence-electron chi connectivity index (χ2n) is 1.69. The van der Waals surface area contributed by atoms with Gasteiger partial charge in [-0.25, -0.2) is 0 Å². The minimum absolute atomic E-state index is 0.619. The third kappa shape index (κ3) is 2.45. The molecule has 0 aliphatic heterocycles. The van der Waals surface area contributed by atoms with Crippen molar-refractivity contribution in [1.82, 2.24) is 10.2 Å². The maximum Gasteiger partial charge on any atom is 0.278 e. The zero-order valence-electron chi connectivity index (χ0n) is 5.50. The molecule has 0 radical (unpaired) electrons. The van der Waals surface area contributed by atoms with Crippen molar-refractivity contribution < 1.29 is 4.42 Å². The van der Waals surface area contributed by atoms with Gasteiger partial charge in [-0.1, -0.05) is 0 Å². The molecule has 0 unspecified atom stereocenters. The summed E-state index contributed by atoms with van der Waals surface area (Å²) >= 11 is 3.78. The van der Waals surface area contributed by atoms with Gasteiger partial charge < -0.3 is 4.42 Å². The molecular weight excluding hydrogens is 263 g/mol. The molecule has 10 heavy (non-hydrogen) atoms. The molecule has 0 atom stereocenters. The lowest BCUT2D eigenvalue weighted by atomic mass is 10.5. The van der Waals surface area contributed by atoms with Crippen molar-refractivity contribution in [2.24, 2.45) is 0 Å². The van der Waals surface area contributed by atoms with Crippen LogP contribution in [0.25, 0.3) is 0 Å².